The van der Waals surface area contributed by atoms with Crippen molar-refractivity contribution < 1.29 is 18.7 Å². The third-order valence-electron chi connectivity index (χ3n) is 5.69. The molecule has 0 saturated heterocycles. The molecule has 5 aromatic rings. The minimum atomic E-state index is -0.412. The van der Waals surface area contributed by atoms with E-state index >= 15 is 0 Å². The van der Waals surface area contributed by atoms with Crippen molar-refractivity contribution in [3.05, 3.63) is 89.0 Å². The number of nitrogens with one attached hydrogen (secondary N) is 1. The number of benzene rings is 2. The maximum absolute atomic E-state index is 13.2. The first kappa shape index (κ1) is 23.3. The highest BCUT2D eigenvalue weighted by Crippen LogP contribution is 2.41. The van der Waals surface area contributed by atoms with Gasteiger partial charge >= 0.3 is 5.97 Å². The zero-order valence-corrected chi connectivity index (χ0v) is 20.5. The summed E-state index contributed by atoms with van der Waals surface area (Å²) in [6.45, 7) is 4.07. The molecule has 3 heterocycles. The van der Waals surface area contributed by atoms with Gasteiger partial charge in [-0.1, -0.05) is 29.8 Å². The average Bonchev–Trinajstić information content (AvgIpc) is 3.53. The smallest absolute Gasteiger partial charge is 0.338 e. The van der Waals surface area contributed by atoms with Gasteiger partial charge in [-0.2, -0.15) is 0 Å². The van der Waals surface area contributed by atoms with Gasteiger partial charge < -0.3 is 20.2 Å². The number of pyridine rings is 1. The fraction of sp³-hybridized carbons (Fsp3) is 0.107. The van der Waals surface area contributed by atoms with Gasteiger partial charge in [0.15, 0.2) is 0 Å². The molecule has 1 amide bonds. The largest absolute Gasteiger partial charge is 0.464 e. The summed E-state index contributed by atoms with van der Waals surface area (Å²) in [5.41, 5.74) is 11.4. The molecular weight excluding hydrogens is 474 g/mol. The molecule has 0 saturated carbocycles. The van der Waals surface area contributed by atoms with E-state index in [0.29, 0.717) is 44.4 Å². The van der Waals surface area contributed by atoms with Crippen LogP contribution >= 0.6 is 11.3 Å². The second kappa shape index (κ2) is 9.67. The van der Waals surface area contributed by atoms with E-state index in [1.807, 2.05) is 49.4 Å². The molecule has 0 atom stereocenters. The highest BCUT2D eigenvalue weighted by atomic mass is 32.1. The van der Waals surface area contributed by atoms with Crippen LogP contribution in [-0.2, 0) is 4.74 Å². The van der Waals surface area contributed by atoms with E-state index in [4.69, 9.17) is 19.9 Å². The van der Waals surface area contributed by atoms with Crippen LogP contribution in [0, 0.1) is 6.92 Å². The zero-order valence-electron chi connectivity index (χ0n) is 19.7. The molecule has 0 spiro atoms. The first-order valence-electron chi connectivity index (χ1n) is 11.4. The summed E-state index contributed by atoms with van der Waals surface area (Å²) in [6, 6.07) is 20.2. The number of hydrogen-bond donors (Lipinski definition) is 2. The number of nitrogens with two attached hydrogens (primary N) is 1. The SMILES string of the molecule is CCOC(=O)c1ccc(NC(=O)c2sc3nc(-c4ccc(C)cc4)cc(-c4ccco4)c3c2N)cc1. The Labute approximate surface area is 211 Å². The number of aromatic nitrogens is 1. The molecule has 2 aromatic carbocycles. The molecular formula is C28H23N3O4S. The van der Waals surface area contributed by atoms with Crippen LogP contribution in [0.3, 0.4) is 0 Å². The Bertz CT molecular complexity index is 1550. The topological polar surface area (TPSA) is 107 Å². The van der Waals surface area contributed by atoms with Crippen molar-refractivity contribution >= 4 is 44.8 Å². The number of ether oxygens (including phenoxy) is 1. The number of anilines is 2. The van der Waals surface area contributed by atoms with Gasteiger partial charge in [-0.05, 0) is 56.3 Å². The molecule has 0 bridgehead atoms. The summed E-state index contributed by atoms with van der Waals surface area (Å²) in [5, 5.41) is 3.53. The number of rotatable bonds is 6. The molecule has 3 aromatic heterocycles. The summed E-state index contributed by atoms with van der Waals surface area (Å²) in [5.74, 6) is -0.131. The van der Waals surface area contributed by atoms with Crippen molar-refractivity contribution in [1.82, 2.24) is 4.98 Å². The number of esters is 1. The molecule has 180 valence electrons. The van der Waals surface area contributed by atoms with Gasteiger partial charge in [0.25, 0.3) is 5.91 Å². The predicted octanol–water partition coefficient (Wildman–Crippen LogP) is 6.54. The standard InChI is InChI=1S/C28H23N3O4S/c1-3-34-28(33)18-10-12-19(13-11-18)30-26(32)25-24(29)23-20(22-5-4-14-35-22)15-21(31-27(23)36-25)17-8-6-16(2)7-9-17/h4-15H,3,29H2,1-2H3,(H,30,32). The Balaban J connectivity index is 1.53. The quantitative estimate of drug-likeness (QED) is 0.258. The minimum absolute atomic E-state index is 0.294. The Morgan fingerprint density at radius 1 is 1.08 bits per heavy atom. The number of thiophene rings is 1. The van der Waals surface area contributed by atoms with Crippen LogP contribution in [0.25, 0.3) is 32.8 Å². The lowest BCUT2D eigenvalue weighted by Gasteiger charge is -2.07. The molecule has 3 N–H and O–H groups in total. The molecule has 7 nitrogen and oxygen atoms in total. The van der Waals surface area contributed by atoms with Gasteiger partial charge in [0.1, 0.15) is 15.5 Å². The lowest BCUT2D eigenvalue weighted by molar-refractivity contribution is 0.0526. The zero-order chi connectivity index (χ0) is 25.2. The van der Waals surface area contributed by atoms with Crippen LogP contribution in [0.5, 0.6) is 0 Å². The lowest BCUT2D eigenvalue weighted by Crippen LogP contribution is -2.12. The van der Waals surface area contributed by atoms with E-state index in [1.165, 1.54) is 11.3 Å². The van der Waals surface area contributed by atoms with Gasteiger partial charge in [-0.3, -0.25) is 4.79 Å². The highest BCUT2D eigenvalue weighted by molar-refractivity contribution is 7.21. The molecule has 0 aliphatic carbocycles. The molecule has 0 aliphatic heterocycles. The fourth-order valence-electron chi connectivity index (χ4n) is 3.88. The van der Waals surface area contributed by atoms with E-state index in [-0.39, 0.29) is 5.91 Å². The number of amides is 1. The average molecular weight is 498 g/mol. The van der Waals surface area contributed by atoms with E-state index in [2.05, 4.69) is 5.32 Å². The van der Waals surface area contributed by atoms with Gasteiger partial charge in [-0.25, -0.2) is 9.78 Å². The Morgan fingerprint density at radius 2 is 1.83 bits per heavy atom. The fourth-order valence-corrected chi connectivity index (χ4v) is 4.89. The van der Waals surface area contributed by atoms with Crippen LogP contribution in [-0.4, -0.2) is 23.5 Å². The first-order valence-corrected chi connectivity index (χ1v) is 12.2. The number of furan rings is 1. The minimum Gasteiger partial charge on any atom is -0.464 e. The van der Waals surface area contributed by atoms with E-state index in [0.717, 1.165) is 22.4 Å². The van der Waals surface area contributed by atoms with Crippen LogP contribution in [0.2, 0.25) is 0 Å². The second-order valence-corrected chi connectivity index (χ2v) is 9.17. The van der Waals surface area contributed by atoms with Crippen LogP contribution in [0.1, 0.15) is 32.5 Å². The molecule has 0 fully saturated rings. The first-order chi connectivity index (χ1) is 17.4. The second-order valence-electron chi connectivity index (χ2n) is 8.18. The maximum Gasteiger partial charge on any atom is 0.338 e. The lowest BCUT2D eigenvalue weighted by atomic mass is 10.0. The third-order valence-corrected chi connectivity index (χ3v) is 6.79. The van der Waals surface area contributed by atoms with E-state index in [9.17, 15) is 9.59 Å². The van der Waals surface area contributed by atoms with Crippen molar-refractivity contribution in [2.24, 2.45) is 0 Å². The van der Waals surface area contributed by atoms with Gasteiger partial charge in [-0.15, -0.1) is 11.3 Å². The van der Waals surface area contributed by atoms with E-state index < -0.39 is 5.97 Å². The van der Waals surface area contributed by atoms with Crippen molar-refractivity contribution in [3.63, 3.8) is 0 Å². The number of carbonyl (C=O) groups excluding carboxylic acids is 2. The molecule has 0 aliphatic rings. The number of nitrogens with zero attached hydrogens (tertiary/aromatic N) is 1. The molecule has 8 heteroatoms. The molecule has 0 unspecified atom stereocenters. The molecule has 36 heavy (non-hydrogen) atoms. The van der Waals surface area contributed by atoms with Crippen molar-refractivity contribution in [1.29, 1.82) is 0 Å². The number of carbonyl (C=O) groups is 2. The Kier molecular flexibility index (Phi) is 6.26. The maximum atomic E-state index is 13.2. The Morgan fingerprint density at radius 3 is 2.50 bits per heavy atom. The summed E-state index contributed by atoms with van der Waals surface area (Å²) >= 11 is 1.23. The number of hydrogen-bond acceptors (Lipinski definition) is 7. The highest BCUT2D eigenvalue weighted by Gasteiger charge is 2.23. The van der Waals surface area contributed by atoms with Crippen LogP contribution in [0.15, 0.2) is 77.4 Å². The van der Waals surface area contributed by atoms with Gasteiger partial charge in [0.05, 0.1) is 29.8 Å². The summed E-state index contributed by atoms with van der Waals surface area (Å²) in [7, 11) is 0. The number of nitrogen functional groups attached to an aromatic ring is 1. The van der Waals surface area contributed by atoms with Gasteiger partial charge in [0.2, 0.25) is 0 Å². The molecule has 0 radical (unpaired) electrons. The number of fused-ring (bicyclic) bond motifs is 1. The number of aryl methyl sites for hydroxylation is 1. The Hall–Kier alpha value is -4.43. The predicted molar refractivity (Wildman–Crippen MR) is 142 cm³/mol. The molecule has 5 rings (SSSR count). The summed E-state index contributed by atoms with van der Waals surface area (Å²) in [4.78, 5) is 30.9. The normalized spacial score (nSPS) is 10.9. The van der Waals surface area contributed by atoms with Gasteiger partial charge in [0, 0.05) is 22.2 Å². The van der Waals surface area contributed by atoms with Crippen molar-refractivity contribution in [3.8, 4) is 22.6 Å². The third kappa shape index (κ3) is 4.46. The van der Waals surface area contributed by atoms with E-state index in [1.54, 1.807) is 37.5 Å². The summed E-state index contributed by atoms with van der Waals surface area (Å²) in [6.07, 6.45) is 1.60. The van der Waals surface area contributed by atoms with Crippen molar-refractivity contribution in [2.75, 3.05) is 17.7 Å². The van der Waals surface area contributed by atoms with Crippen molar-refractivity contribution in [2.45, 2.75) is 13.8 Å². The van der Waals surface area contributed by atoms with Crippen LogP contribution in [0.4, 0.5) is 11.4 Å². The van der Waals surface area contributed by atoms with Crippen LogP contribution < -0.4 is 11.1 Å². The summed E-state index contributed by atoms with van der Waals surface area (Å²) < 4.78 is 10.7. The monoisotopic (exact) mass is 497 g/mol.